The third-order valence-corrected chi connectivity index (χ3v) is 7.77. The predicted molar refractivity (Wildman–Crippen MR) is 132 cm³/mol. The molecule has 6 nitrogen and oxygen atoms in total. The second-order valence-corrected chi connectivity index (χ2v) is 10.1. The van der Waals surface area contributed by atoms with Gasteiger partial charge in [0, 0.05) is 22.9 Å². The number of thiophene rings is 1. The first-order valence-electron chi connectivity index (χ1n) is 12.1. The van der Waals surface area contributed by atoms with Crippen LogP contribution in [0.25, 0.3) is 11.0 Å². The molecule has 1 aliphatic rings. The number of carboxylic acid groups (broad SMARTS) is 1. The van der Waals surface area contributed by atoms with Crippen LogP contribution in [0.4, 0.5) is 0 Å². The number of imidazole rings is 1. The Kier molecular flexibility index (Phi) is 7.48. The fraction of sp³-hybridized carbons (Fsp3) is 0.500. The van der Waals surface area contributed by atoms with Crippen molar-refractivity contribution in [2.45, 2.75) is 77.3 Å². The lowest BCUT2D eigenvalue weighted by molar-refractivity contribution is -0.139. The van der Waals surface area contributed by atoms with Gasteiger partial charge in [-0.15, -0.1) is 11.3 Å². The van der Waals surface area contributed by atoms with Gasteiger partial charge in [-0.25, -0.2) is 9.78 Å². The van der Waals surface area contributed by atoms with Crippen LogP contribution in [0.2, 0.25) is 0 Å². The fourth-order valence-electron chi connectivity index (χ4n) is 5.09. The Labute approximate surface area is 199 Å². The molecule has 1 aromatic carbocycles. The molecule has 2 heterocycles. The molecular weight excluding hydrogens is 434 g/mol. The largest absolute Gasteiger partial charge is 0.480 e. The number of rotatable bonds is 10. The number of carboxylic acids is 1. The Hall–Kier alpha value is -2.67. The van der Waals surface area contributed by atoms with E-state index in [1.165, 1.54) is 4.88 Å². The molecule has 4 rings (SSSR count). The molecule has 3 aromatic rings. The summed E-state index contributed by atoms with van der Waals surface area (Å²) >= 11 is 1.72. The van der Waals surface area contributed by atoms with Gasteiger partial charge in [-0.3, -0.25) is 4.79 Å². The van der Waals surface area contributed by atoms with Crippen LogP contribution in [0.15, 0.2) is 35.7 Å². The molecule has 2 N–H and O–H groups in total. The van der Waals surface area contributed by atoms with E-state index >= 15 is 0 Å². The Bertz CT molecular complexity index is 1100. The lowest BCUT2D eigenvalue weighted by Gasteiger charge is -2.19. The second kappa shape index (κ2) is 10.5. The SMILES string of the molecule is CCC(CC)n1c(Cc2cccs2)nc2cc(C(=O)NC(CC3CCCC3)C(=O)O)ccc21. The maximum absolute atomic E-state index is 13.0. The Balaban J connectivity index is 1.61. The number of hydrogen-bond acceptors (Lipinski definition) is 4. The van der Waals surface area contributed by atoms with E-state index in [1.807, 2.05) is 6.07 Å². The summed E-state index contributed by atoms with van der Waals surface area (Å²) in [5, 5.41) is 14.5. The van der Waals surface area contributed by atoms with Crippen molar-refractivity contribution in [3.05, 3.63) is 52.0 Å². The summed E-state index contributed by atoms with van der Waals surface area (Å²) in [4.78, 5) is 30.9. The van der Waals surface area contributed by atoms with E-state index in [0.717, 1.165) is 61.8 Å². The highest BCUT2D eigenvalue weighted by molar-refractivity contribution is 7.09. The van der Waals surface area contributed by atoms with Crippen LogP contribution in [0, 0.1) is 5.92 Å². The Morgan fingerprint density at radius 3 is 2.61 bits per heavy atom. The van der Waals surface area contributed by atoms with Gasteiger partial charge in [-0.2, -0.15) is 0 Å². The molecule has 1 fully saturated rings. The van der Waals surface area contributed by atoms with Crippen molar-refractivity contribution in [3.8, 4) is 0 Å². The zero-order valence-electron chi connectivity index (χ0n) is 19.4. The first-order valence-corrected chi connectivity index (χ1v) is 12.9. The Morgan fingerprint density at radius 1 is 1.21 bits per heavy atom. The Morgan fingerprint density at radius 2 is 1.97 bits per heavy atom. The highest BCUT2D eigenvalue weighted by Crippen LogP contribution is 2.30. The van der Waals surface area contributed by atoms with E-state index in [-0.39, 0.29) is 5.91 Å². The van der Waals surface area contributed by atoms with Gasteiger partial charge in [0.25, 0.3) is 5.91 Å². The molecule has 0 spiro atoms. The molecule has 1 saturated carbocycles. The van der Waals surface area contributed by atoms with Crippen LogP contribution in [0.5, 0.6) is 0 Å². The number of aromatic nitrogens is 2. The number of nitrogens with zero attached hydrogens (tertiary/aromatic N) is 2. The van der Waals surface area contributed by atoms with Gasteiger partial charge in [0.15, 0.2) is 0 Å². The van der Waals surface area contributed by atoms with Gasteiger partial charge in [-0.1, -0.05) is 45.6 Å². The van der Waals surface area contributed by atoms with Gasteiger partial charge >= 0.3 is 5.97 Å². The van der Waals surface area contributed by atoms with Crippen LogP contribution in [-0.2, 0) is 11.2 Å². The van der Waals surface area contributed by atoms with E-state index in [0.29, 0.717) is 23.9 Å². The first kappa shape index (κ1) is 23.5. The predicted octanol–water partition coefficient (Wildman–Crippen LogP) is 5.81. The summed E-state index contributed by atoms with van der Waals surface area (Å²) in [7, 11) is 0. The quantitative estimate of drug-likeness (QED) is 0.394. The van der Waals surface area contributed by atoms with Crippen molar-refractivity contribution in [1.82, 2.24) is 14.9 Å². The molecule has 1 amide bonds. The topological polar surface area (TPSA) is 84.2 Å². The van der Waals surface area contributed by atoms with Crippen LogP contribution in [-0.4, -0.2) is 32.6 Å². The summed E-state index contributed by atoms with van der Waals surface area (Å²) < 4.78 is 2.32. The van der Waals surface area contributed by atoms with Crippen molar-refractivity contribution < 1.29 is 14.7 Å². The number of benzene rings is 1. The van der Waals surface area contributed by atoms with Crippen molar-refractivity contribution in [3.63, 3.8) is 0 Å². The third-order valence-electron chi connectivity index (χ3n) is 6.89. The molecule has 176 valence electrons. The first-order chi connectivity index (χ1) is 16.0. The maximum atomic E-state index is 13.0. The fourth-order valence-corrected chi connectivity index (χ4v) is 5.79. The summed E-state index contributed by atoms with van der Waals surface area (Å²) in [5.41, 5.74) is 2.26. The standard InChI is InChI=1S/C26H33N3O3S/c1-3-19(4-2)29-23-12-11-18(15-21(23)27-24(29)16-20-10-7-13-33-20)25(30)28-22(26(31)32)14-17-8-5-6-9-17/h7,10-13,15,17,19,22H,3-6,8-9,14,16H2,1-2H3,(H,28,30)(H,31,32). The molecular formula is C26H33N3O3S. The van der Waals surface area contributed by atoms with Gasteiger partial charge in [0.05, 0.1) is 11.0 Å². The van der Waals surface area contributed by atoms with Gasteiger partial charge < -0.3 is 15.0 Å². The van der Waals surface area contributed by atoms with Gasteiger partial charge in [0.2, 0.25) is 0 Å². The highest BCUT2D eigenvalue weighted by atomic mass is 32.1. The number of carbonyl (C=O) groups excluding carboxylic acids is 1. The normalized spacial score (nSPS) is 15.4. The molecule has 2 aromatic heterocycles. The minimum atomic E-state index is -0.965. The lowest BCUT2D eigenvalue weighted by atomic mass is 9.98. The molecule has 0 saturated heterocycles. The highest BCUT2D eigenvalue weighted by Gasteiger charge is 2.27. The number of nitrogens with one attached hydrogen (secondary N) is 1. The number of carbonyl (C=O) groups is 2. The molecule has 0 radical (unpaired) electrons. The van der Waals surface area contributed by atoms with E-state index in [9.17, 15) is 14.7 Å². The zero-order chi connectivity index (χ0) is 23.4. The van der Waals surface area contributed by atoms with Crippen molar-refractivity contribution in [2.24, 2.45) is 5.92 Å². The van der Waals surface area contributed by atoms with Crippen LogP contribution in [0.3, 0.4) is 0 Å². The van der Waals surface area contributed by atoms with Gasteiger partial charge in [0.1, 0.15) is 11.9 Å². The maximum Gasteiger partial charge on any atom is 0.326 e. The summed E-state index contributed by atoms with van der Waals surface area (Å²) in [5.74, 6) is 0.0690. The average Bonchev–Trinajstić information content (AvgIpc) is 3.56. The zero-order valence-corrected chi connectivity index (χ0v) is 20.2. The third kappa shape index (κ3) is 5.29. The summed E-state index contributed by atoms with van der Waals surface area (Å²) in [6.07, 6.45) is 7.65. The summed E-state index contributed by atoms with van der Waals surface area (Å²) in [6.45, 7) is 4.38. The minimum absolute atomic E-state index is 0.340. The molecule has 7 heteroatoms. The van der Waals surface area contributed by atoms with E-state index in [1.54, 1.807) is 23.5 Å². The van der Waals surface area contributed by atoms with E-state index in [2.05, 4.69) is 41.2 Å². The molecule has 0 aliphatic heterocycles. The van der Waals surface area contributed by atoms with Crippen molar-refractivity contribution in [1.29, 1.82) is 0 Å². The molecule has 0 bridgehead atoms. The number of fused-ring (bicyclic) bond motifs is 1. The lowest BCUT2D eigenvalue weighted by Crippen LogP contribution is -2.41. The monoisotopic (exact) mass is 467 g/mol. The molecule has 33 heavy (non-hydrogen) atoms. The smallest absolute Gasteiger partial charge is 0.326 e. The minimum Gasteiger partial charge on any atom is -0.480 e. The number of amides is 1. The second-order valence-electron chi connectivity index (χ2n) is 9.08. The molecule has 1 unspecified atom stereocenters. The van der Waals surface area contributed by atoms with Crippen LogP contribution < -0.4 is 5.32 Å². The molecule has 1 aliphatic carbocycles. The van der Waals surface area contributed by atoms with Crippen molar-refractivity contribution >= 4 is 34.2 Å². The summed E-state index contributed by atoms with van der Waals surface area (Å²) in [6, 6.07) is 9.21. The molecule has 1 atom stereocenters. The number of hydrogen-bond donors (Lipinski definition) is 2. The van der Waals surface area contributed by atoms with Crippen LogP contribution in [0.1, 0.15) is 85.9 Å². The average molecular weight is 468 g/mol. The van der Waals surface area contributed by atoms with E-state index < -0.39 is 12.0 Å². The van der Waals surface area contributed by atoms with E-state index in [4.69, 9.17) is 4.98 Å². The van der Waals surface area contributed by atoms with Gasteiger partial charge in [-0.05, 0) is 54.8 Å². The van der Waals surface area contributed by atoms with Crippen molar-refractivity contribution in [2.75, 3.05) is 0 Å². The number of aliphatic carboxylic acids is 1. The van der Waals surface area contributed by atoms with Crippen LogP contribution >= 0.6 is 11.3 Å².